The van der Waals surface area contributed by atoms with E-state index in [9.17, 15) is 18.0 Å². The molecule has 0 spiro atoms. The number of esters is 1. The van der Waals surface area contributed by atoms with Crippen molar-refractivity contribution < 1.29 is 22.7 Å². The van der Waals surface area contributed by atoms with Gasteiger partial charge in [-0.3, -0.25) is 4.79 Å². The molecule has 0 aliphatic heterocycles. The lowest BCUT2D eigenvalue weighted by Crippen LogP contribution is -2.31. The number of rotatable bonds is 8. The monoisotopic (exact) mass is 482 g/mol. The van der Waals surface area contributed by atoms with E-state index in [4.69, 9.17) is 4.74 Å². The molecule has 0 radical (unpaired) electrons. The van der Waals surface area contributed by atoms with Crippen LogP contribution in [-0.2, 0) is 26.1 Å². The van der Waals surface area contributed by atoms with Gasteiger partial charge in [-0.1, -0.05) is 30.3 Å². The first-order valence-corrected chi connectivity index (χ1v) is 11.1. The molecule has 0 saturated carbocycles. The number of hydrogen-bond acceptors (Lipinski definition) is 5. The Balaban J connectivity index is 2.05. The van der Waals surface area contributed by atoms with Gasteiger partial charge in [0.1, 0.15) is 0 Å². The Bertz CT molecular complexity index is 978. The van der Waals surface area contributed by atoms with E-state index in [0.29, 0.717) is 11.0 Å². The summed E-state index contributed by atoms with van der Waals surface area (Å²) < 4.78 is 32.6. The lowest BCUT2D eigenvalue weighted by atomic mass is 10.2. The van der Waals surface area contributed by atoms with Crippen molar-refractivity contribution in [3.63, 3.8) is 0 Å². The predicted octanol–water partition coefficient (Wildman–Crippen LogP) is 2.95. The van der Waals surface area contributed by atoms with Crippen LogP contribution in [0.4, 0.5) is 0 Å². The fraction of sp³-hybridized carbons (Fsp3) is 0.300. The highest BCUT2D eigenvalue weighted by molar-refractivity contribution is 9.10. The molecule has 0 aliphatic rings. The van der Waals surface area contributed by atoms with Crippen LogP contribution < -0.4 is 4.72 Å². The summed E-state index contributed by atoms with van der Waals surface area (Å²) in [5.74, 6) is -1.16. The highest BCUT2D eigenvalue weighted by Gasteiger charge is 2.21. The lowest BCUT2D eigenvalue weighted by molar-refractivity contribution is -0.133. The normalized spacial score (nSPS) is 11.3. The molecule has 7 nitrogen and oxygen atoms in total. The van der Waals surface area contributed by atoms with Crippen LogP contribution in [0.3, 0.4) is 0 Å². The third-order valence-corrected chi connectivity index (χ3v) is 6.22. The number of carbonyl (C=O) groups is 2. The van der Waals surface area contributed by atoms with Crippen LogP contribution in [0.1, 0.15) is 29.8 Å². The molecule has 0 fully saturated rings. The number of nitrogens with zero attached hydrogens (tertiary/aromatic N) is 1. The van der Waals surface area contributed by atoms with Gasteiger partial charge in [0.05, 0.1) is 10.5 Å². The SMILES string of the molecule is CC(C)NS(=O)(=O)c1ccc(Br)c(C(=O)OCC(=O)N(C)Cc2ccccc2)c1. The number of ether oxygens (including phenoxy) is 1. The fourth-order valence-corrected chi connectivity index (χ4v) is 4.15. The Morgan fingerprint density at radius 1 is 1.14 bits per heavy atom. The van der Waals surface area contributed by atoms with Gasteiger partial charge in [0.2, 0.25) is 10.0 Å². The molecule has 0 aliphatic carbocycles. The number of nitrogens with one attached hydrogen (secondary N) is 1. The second kappa shape index (κ2) is 10.00. The molecule has 2 aromatic carbocycles. The second-order valence-corrected chi connectivity index (χ2v) is 9.30. The van der Waals surface area contributed by atoms with Gasteiger partial charge in [0.15, 0.2) is 6.61 Å². The van der Waals surface area contributed by atoms with E-state index in [0.717, 1.165) is 5.56 Å². The van der Waals surface area contributed by atoms with Gasteiger partial charge in [-0.15, -0.1) is 0 Å². The number of hydrogen-bond donors (Lipinski definition) is 1. The van der Waals surface area contributed by atoms with Gasteiger partial charge < -0.3 is 9.64 Å². The topological polar surface area (TPSA) is 92.8 Å². The molecule has 1 N–H and O–H groups in total. The Kier molecular flexibility index (Phi) is 7.95. The number of sulfonamides is 1. The molecule has 2 rings (SSSR count). The maximum Gasteiger partial charge on any atom is 0.339 e. The van der Waals surface area contributed by atoms with Gasteiger partial charge in [0, 0.05) is 24.1 Å². The van der Waals surface area contributed by atoms with Crippen molar-refractivity contribution in [2.24, 2.45) is 0 Å². The van der Waals surface area contributed by atoms with Crippen LogP contribution in [0.5, 0.6) is 0 Å². The standard InChI is InChI=1S/C20H23BrN2O5S/c1-14(2)22-29(26,27)16-9-10-18(21)17(11-16)20(25)28-13-19(24)23(3)12-15-7-5-4-6-8-15/h4-11,14,22H,12-13H2,1-3H3. The predicted molar refractivity (Wildman–Crippen MR) is 113 cm³/mol. The number of likely N-dealkylation sites (N-methyl/N-ethyl adjacent to an activating group) is 1. The van der Waals surface area contributed by atoms with Gasteiger partial charge in [0.25, 0.3) is 5.91 Å². The molecule has 2 aromatic rings. The largest absolute Gasteiger partial charge is 0.452 e. The smallest absolute Gasteiger partial charge is 0.339 e. The minimum Gasteiger partial charge on any atom is -0.452 e. The second-order valence-electron chi connectivity index (χ2n) is 6.73. The zero-order valence-corrected chi connectivity index (χ0v) is 18.8. The van der Waals surface area contributed by atoms with E-state index in [2.05, 4.69) is 20.7 Å². The molecule has 0 unspecified atom stereocenters. The van der Waals surface area contributed by atoms with Crippen molar-refractivity contribution in [3.05, 3.63) is 64.1 Å². The molecule has 0 bridgehead atoms. The Morgan fingerprint density at radius 2 is 1.79 bits per heavy atom. The van der Waals surface area contributed by atoms with Gasteiger partial charge in [-0.2, -0.15) is 0 Å². The molecular formula is C20H23BrN2O5S. The summed E-state index contributed by atoms with van der Waals surface area (Å²) in [5.41, 5.74) is 0.975. The number of carbonyl (C=O) groups excluding carboxylic acids is 2. The molecule has 29 heavy (non-hydrogen) atoms. The van der Waals surface area contributed by atoms with Crippen LogP contribution in [-0.4, -0.2) is 44.9 Å². The van der Waals surface area contributed by atoms with E-state index in [1.54, 1.807) is 20.9 Å². The maximum atomic E-state index is 12.4. The third kappa shape index (κ3) is 6.66. The van der Waals surface area contributed by atoms with Crippen molar-refractivity contribution in [2.45, 2.75) is 31.3 Å². The summed E-state index contributed by atoms with van der Waals surface area (Å²) in [5, 5.41) is 0. The molecular weight excluding hydrogens is 460 g/mol. The molecule has 0 saturated heterocycles. The highest BCUT2D eigenvalue weighted by atomic mass is 79.9. The third-order valence-electron chi connectivity index (χ3n) is 3.87. The van der Waals surface area contributed by atoms with Crippen LogP contribution in [0.25, 0.3) is 0 Å². The summed E-state index contributed by atoms with van der Waals surface area (Å²) in [6.07, 6.45) is 0. The average molecular weight is 483 g/mol. The summed E-state index contributed by atoms with van der Waals surface area (Å²) in [6.45, 7) is 3.33. The first-order valence-electron chi connectivity index (χ1n) is 8.87. The fourth-order valence-electron chi connectivity index (χ4n) is 2.47. The van der Waals surface area contributed by atoms with Crippen LogP contribution in [0, 0.1) is 0 Å². The van der Waals surface area contributed by atoms with E-state index in [1.807, 2.05) is 30.3 Å². The van der Waals surface area contributed by atoms with E-state index >= 15 is 0 Å². The first-order chi connectivity index (χ1) is 13.6. The summed E-state index contributed by atoms with van der Waals surface area (Å²) in [7, 11) is -2.15. The molecule has 0 heterocycles. The van der Waals surface area contributed by atoms with Gasteiger partial charge in [-0.05, 0) is 53.5 Å². The molecule has 0 aromatic heterocycles. The van der Waals surface area contributed by atoms with Crippen molar-refractivity contribution in [1.29, 1.82) is 0 Å². The highest BCUT2D eigenvalue weighted by Crippen LogP contribution is 2.22. The number of amides is 1. The van der Waals surface area contributed by atoms with E-state index in [-0.39, 0.29) is 22.4 Å². The zero-order chi connectivity index (χ0) is 21.6. The van der Waals surface area contributed by atoms with Crippen molar-refractivity contribution >= 4 is 37.8 Å². The van der Waals surface area contributed by atoms with Crippen LogP contribution >= 0.6 is 15.9 Å². The van der Waals surface area contributed by atoms with Crippen LogP contribution in [0.2, 0.25) is 0 Å². The number of benzene rings is 2. The van der Waals surface area contributed by atoms with E-state index in [1.165, 1.54) is 23.1 Å². The van der Waals surface area contributed by atoms with Gasteiger partial charge in [-0.25, -0.2) is 17.9 Å². The molecule has 9 heteroatoms. The first kappa shape index (κ1) is 23.1. The zero-order valence-electron chi connectivity index (χ0n) is 16.4. The molecule has 1 amide bonds. The minimum atomic E-state index is -3.77. The molecule has 0 atom stereocenters. The summed E-state index contributed by atoms with van der Waals surface area (Å²) in [6, 6.07) is 13.2. The van der Waals surface area contributed by atoms with Crippen molar-refractivity contribution in [3.8, 4) is 0 Å². The Morgan fingerprint density at radius 3 is 2.41 bits per heavy atom. The van der Waals surface area contributed by atoms with Crippen LogP contribution in [0.15, 0.2) is 57.9 Å². The maximum absolute atomic E-state index is 12.4. The quantitative estimate of drug-likeness (QED) is 0.583. The molecule has 156 valence electrons. The minimum absolute atomic E-state index is 0.0233. The van der Waals surface area contributed by atoms with Crippen molar-refractivity contribution in [1.82, 2.24) is 9.62 Å². The lowest BCUT2D eigenvalue weighted by Gasteiger charge is -2.17. The van der Waals surface area contributed by atoms with E-state index < -0.39 is 22.6 Å². The summed E-state index contributed by atoms with van der Waals surface area (Å²) in [4.78, 5) is 26.0. The number of halogens is 1. The van der Waals surface area contributed by atoms with Gasteiger partial charge >= 0.3 is 5.97 Å². The average Bonchev–Trinajstić information content (AvgIpc) is 2.65. The van der Waals surface area contributed by atoms with Crippen molar-refractivity contribution in [2.75, 3.05) is 13.7 Å². The summed E-state index contributed by atoms with van der Waals surface area (Å²) >= 11 is 3.22. The Labute approximate surface area is 179 Å². The Hall–Kier alpha value is -2.23.